The van der Waals surface area contributed by atoms with Gasteiger partial charge in [-0.1, -0.05) is 6.92 Å². The SMILES string of the molecule is CCCN(C)CCN(C)C(=O)[C@@H]1CCCN1C(=O)C1COC(C)=N1. The molecule has 0 aliphatic carbocycles. The van der Waals surface area contributed by atoms with Crippen molar-refractivity contribution in [2.45, 2.75) is 45.2 Å². The maximum Gasteiger partial charge on any atom is 0.251 e. The van der Waals surface area contributed by atoms with E-state index in [0.717, 1.165) is 32.4 Å². The second kappa shape index (κ2) is 8.46. The summed E-state index contributed by atoms with van der Waals surface area (Å²) in [5.74, 6) is 0.496. The van der Waals surface area contributed by atoms with Gasteiger partial charge in [0.15, 0.2) is 11.9 Å². The van der Waals surface area contributed by atoms with Gasteiger partial charge in [0.05, 0.1) is 0 Å². The van der Waals surface area contributed by atoms with Crippen molar-refractivity contribution in [3.8, 4) is 0 Å². The summed E-state index contributed by atoms with van der Waals surface area (Å²) >= 11 is 0. The van der Waals surface area contributed by atoms with E-state index in [2.05, 4.69) is 23.9 Å². The summed E-state index contributed by atoms with van der Waals surface area (Å²) in [6, 6.07) is -0.838. The van der Waals surface area contributed by atoms with E-state index in [1.807, 2.05) is 7.05 Å². The molecule has 24 heavy (non-hydrogen) atoms. The van der Waals surface area contributed by atoms with Crippen molar-refractivity contribution in [3.63, 3.8) is 0 Å². The van der Waals surface area contributed by atoms with Gasteiger partial charge in [0.25, 0.3) is 5.91 Å². The summed E-state index contributed by atoms with van der Waals surface area (Å²) in [6.45, 7) is 7.36. The molecule has 1 saturated heterocycles. The van der Waals surface area contributed by atoms with Gasteiger partial charge in [-0.2, -0.15) is 0 Å². The van der Waals surface area contributed by atoms with Gasteiger partial charge in [0, 0.05) is 33.6 Å². The van der Waals surface area contributed by atoms with Crippen LogP contribution < -0.4 is 0 Å². The predicted octanol–water partition coefficient (Wildman–Crippen LogP) is 0.595. The van der Waals surface area contributed by atoms with E-state index in [0.29, 0.717) is 25.6 Å². The minimum Gasteiger partial charge on any atom is -0.478 e. The topological polar surface area (TPSA) is 65.5 Å². The number of nitrogens with zero attached hydrogens (tertiary/aromatic N) is 4. The highest BCUT2D eigenvalue weighted by atomic mass is 16.5. The molecule has 1 unspecified atom stereocenters. The third-order valence-corrected chi connectivity index (χ3v) is 4.69. The number of hydrogen-bond donors (Lipinski definition) is 0. The highest BCUT2D eigenvalue weighted by Crippen LogP contribution is 2.22. The largest absolute Gasteiger partial charge is 0.478 e. The van der Waals surface area contributed by atoms with Crippen LogP contribution in [0.3, 0.4) is 0 Å². The Morgan fingerprint density at radius 1 is 1.29 bits per heavy atom. The van der Waals surface area contributed by atoms with Crippen LogP contribution in [0, 0.1) is 0 Å². The summed E-state index contributed by atoms with van der Waals surface area (Å²) in [5.41, 5.74) is 0. The number of hydrogen-bond acceptors (Lipinski definition) is 5. The number of likely N-dealkylation sites (tertiary alicyclic amines) is 1. The molecule has 2 aliphatic heterocycles. The Morgan fingerprint density at radius 3 is 2.67 bits per heavy atom. The van der Waals surface area contributed by atoms with Gasteiger partial charge < -0.3 is 19.4 Å². The number of carbonyl (C=O) groups excluding carboxylic acids is 2. The standard InChI is InChI=1S/C17H30N4O3/c1-5-8-19(3)10-11-20(4)17(23)15-7-6-9-21(15)16(22)14-12-24-13(2)18-14/h14-15H,5-12H2,1-4H3/t14?,15-/m0/s1. The van der Waals surface area contributed by atoms with E-state index < -0.39 is 6.04 Å². The molecule has 0 N–H and O–H groups in total. The third kappa shape index (κ3) is 4.47. The molecule has 2 aliphatic rings. The Hall–Kier alpha value is -1.63. The zero-order valence-electron chi connectivity index (χ0n) is 15.3. The first-order chi connectivity index (χ1) is 11.4. The van der Waals surface area contributed by atoms with Crippen molar-refractivity contribution >= 4 is 17.7 Å². The van der Waals surface area contributed by atoms with E-state index in [9.17, 15) is 9.59 Å². The van der Waals surface area contributed by atoms with Crippen molar-refractivity contribution in [1.82, 2.24) is 14.7 Å². The zero-order chi connectivity index (χ0) is 17.7. The molecule has 0 spiro atoms. The monoisotopic (exact) mass is 338 g/mol. The lowest BCUT2D eigenvalue weighted by atomic mass is 10.1. The molecule has 0 bridgehead atoms. The normalized spacial score (nSPS) is 23.4. The van der Waals surface area contributed by atoms with Gasteiger partial charge in [-0.15, -0.1) is 0 Å². The number of carbonyl (C=O) groups is 2. The van der Waals surface area contributed by atoms with Crippen LogP contribution >= 0.6 is 0 Å². The molecule has 1 fully saturated rings. The van der Waals surface area contributed by atoms with Gasteiger partial charge in [0.2, 0.25) is 5.91 Å². The van der Waals surface area contributed by atoms with E-state index >= 15 is 0 Å². The Kier molecular flexibility index (Phi) is 6.60. The molecule has 0 radical (unpaired) electrons. The lowest BCUT2D eigenvalue weighted by molar-refractivity contribution is -0.143. The molecule has 0 aromatic heterocycles. The lowest BCUT2D eigenvalue weighted by Crippen LogP contribution is -2.50. The summed E-state index contributed by atoms with van der Waals surface area (Å²) < 4.78 is 5.28. The third-order valence-electron chi connectivity index (χ3n) is 4.69. The van der Waals surface area contributed by atoms with Crippen molar-refractivity contribution in [3.05, 3.63) is 0 Å². The molecule has 0 aromatic carbocycles. The van der Waals surface area contributed by atoms with Crippen LogP contribution in [0.2, 0.25) is 0 Å². The first-order valence-corrected chi connectivity index (χ1v) is 8.85. The number of aliphatic imine (C=N–C) groups is 1. The molecular formula is C17H30N4O3. The molecule has 2 heterocycles. The van der Waals surface area contributed by atoms with Crippen molar-refractivity contribution in [1.29, 1.82) is 0 Å². The Labute approximate surface area is 144 Å². The van der Waals surface area contributed by atoms with Gasteiger partial charge >= 0.3 is 0 Å². The Bertz CT molecular complexity index is 494. The highest BCUT2D eigenvalue weighted by molar-refractivity contribution is 5.92. The van der Waals surface area contributed by atoms with Crippen LogP contribution in [-0.2, 0) is 14.3 Å². The summed E-state index contributed by atoms with van der Waals surface area (Å²) in [7, 11) is 3.89. The molecule has 7 nitrogen and oxygen atoms in total. The minimum absolute atomic E-state index is 0.0327. The highest BCUT2D eigenvalue weighted by Gasteiger charge is 2.39. The van der Waals surface area contributed by atoms with Crippen LogP contribution in [0.25, 0.3) is 0 Å². The van der Waals surface area contributed by atoms with Crippen LogP contribution in [0.15, 0.2) is 4.99 Å². The van der Waals surface area contributed by atoms with Gasteiger partial charge in [-0.05, 0) is 32.9 Å². The second-order valence-corrected chi connectivity index (χ2v) is 6.73. The molecular weight excluding hydrogens is 308 g/mol. The molecule has 0 saturated carbocycles. The van der Waals surface area contributed by atoms with Gasteiger partial charge in [-0.3, -0.25) is 9.59 Å². The Balaban J connectivity index is 1.91. The first kappa shape index (κ1) is 18.7. The molecule has 136 valence electrons. The summed E-state index contributed by atoms with van der Waals surface area (Å²) in [4.78, 5) is 35.3. The fraction of sp³-hybridized carbons (Fsp3) is 0.824. The maximum atomic E-state index is 12.8. The number of rotatable bonds is 7. The van der Waals surface area contributed by atoms with Crippen molar-refractivity contribution < 1.29 is 14.3 Å². The quantitative estimate of drug-likeness (QED) is 0.682. The number of ether oxygens (including phenoxy) is 1. The smallest absolute Gasteiger partial charge is 0.251 e. The number of amides is 2. The molecule has 2 rings (SSSR count). The summed E-state index contributed by atoms with van der Waals surface area (Å²) in [5, 5.41) is 0. The fourth-order valence-corrected chi connectivity index (χ4v) is 3.28. The molecule has 2 amide bonds. The predicted molar refractivity (Wildman–Crippen MR) is 93.0 cm³/mol. The zero-order valence-corrected chi connectivity index (χ0v) is 15.3. The first-order valence-electron chi connectivity index (χ1n) is 8.85. The maximum absolute atomic E-state index is 12.8. The molecule has 0 aromatic rings. The van der Waals surface area contributed by atoms with Crippen molar-refractivity contribution in [2.75, 3.05) is 46.9 Å². The minimum atomic E-state index is -0.487. The van der Waals surface area contributed by atoms with Gasteiger partial charge in [-0.25, -0.2) is 4.99 Å². The average molecular weight is 338 g/mol. The average Bonchev–Trinajstić information content (AvgIpc) is 3.20. The molecule has 2 atom stereocenters. The molecule has 7 heteroatoms. The van der Waals surface area contributed by atoms with E-state index in [1.54, 1.807) is 16.7 Å². The fourth-order valence-electron chi connectivity index (χ4n) is 3.28. The van der Waals surface area contributed by atoms with Crippen LogP contribution in [-0.4, -0.2) is 91.4 Å². The number of likely N-dealkylation sites (N-methyl/N-ethyl adjacent to an activating group) is 2. The van der Waals surface area contributed by atoms with E-state index in [-0.39, 0.29) is 17.9 Å². The van der Waals surface area contributed by atoms with Crippen LogP contribution in [0.1, 0.15) is 33.1 Å². The second-order valence-electron chi connectivity index (χ2n) is 6.73. The summed E-state index contributed by atoms with van der Waals surface area (Å²) in [6.07, 6.45) is 2.69. The van der Waals surface area contributed by atoms with Gasteiger partial charge in [0.1, 0.15) is 12.6 Å². The van der Waals surface area contributed by atoms with Crippen LogP contribution in [0.4, 0.5) is 0 Å². The lowest BCUT2D eigenvalue weighted by Gasteiger charge is -2.29. The Morgan fingerprint density at radius 2 is 2.04 bits per heavy atom. The van der Waals surface area contributed by atoms with Crippen molar-refractivity contribution in [2.24, 2.45) is 4.99 Å². The van der Waals surface area contributed by atoms with Crippen LogP contribution in [0.5, 0.6) is 0 Å². The van der Waals surface area contributed by atoms with E-state index in [4.69, 9.17) is 4.74 Å². The van der Waals surface area contributed by atoms with E-state index in [1.165, 1.54) is 0 Å².